The number of carbonyl (C=O) groups excluding carboxylic acids is 2. The number of rotatable bonds is 1. The standard InChI is InChI=1S/C10H8O3S/c1-7(11)10-8(5-6-14-10)3-4-9(12)13-2/h5-6H,1-2H3. The minimum absolute atomic E-state index is 0.0471. The number of methoxy groups -OCH3 is 1. The van der Waals surface area contributed by atoms with Crippen LogP contribution in [0, 0.1) is 11.8 Å². The van der Waals surface area contributed by atoms with Crippen molar-refractivity contribution < 1.29 is 14.3 Å². The molecule has 0 atom stereocenters. The predicted molar refractivity (Wildman–Crippen MR) is 53.2 cm³/mol. The summed E-state index contributed by atoms with van der Waals surface area (Å²) in [5.41, 5.74) is 0.577. The molecule has 72 valence electrons. The van der Waals surface area contributed by atoms with Crippen LogP contribution in [0.4, 0.5) is 0 Å². The zero-order chi connectivity index (χ0) is 10.6. The number of ether oxygens (including phenoxy) is 1. The maximum Gasteiger partial charge on any atom is 0.384 e. The van der Waals surface area contributed by atoms with Crippen LogP contribution in [0.25, 0.3) is 0 Å². The van der Waals surface area contributed by atoms with Gasteiger partial charge in [0.2, 0.25) is 0 Å². The zero-order valence-electron chi connectivity index (χ0n) is 7.79. The summed E-state index contributed by atoms with van der Waals surface area (Å²) in [4.78, 5) is 22.3. The fraction of sp³-hybridized carbons (Fsp3) is 0.200. The molecule has 4 heteroatoms. The molecule has 1 aromatic heterocycles. The Morgan fingerprint density at radius 2 is 2.21 bits per heavy atom. The number of hydrogen-bond donors (Lipinski definition) is 0. The van der Waals surface area contributed by atoms with E-state index in [1.165, 1.54) is 25.4 Å². The van der Waals surface area contributed by atoms with E-state index < -0.39 is 5.97 Å². The molecule has 0 bridgehead atoms. The molecular weight excluding hydrogens is 200 g/mol. The number of ketones is 1. The lowest BCUT2D eigenvalue weighted by atomic mass is 10.2. The van der Waals surface area contributed by atoms with Crippen LogP contribution in [-0.4, -0.2) is 18.9 Å². The van der Waals surface area contributed by atoms with Crippen molar-refractivity contribution in [1.82, 2.24) is 0 Å². The van der Waals surface area contributed by atoms with Gasteiger partial charge in [0, 0.05) is 11.5 Å². The summed E-state index contributed by atoms with van der Waals surface area (Å²) in [5, 5.41) is 1.76. The molecule has 0 fully saturated rings. The second-order valence-electron chi connectivity index (χ2n) is 2.46. The van der Waals surface area contributed by atoms with Gasteiger partial charge in [-0.25, -0.2) is 4.79 Å². The molecule has 0 aromatic carbocycles. The second kappa shape index (κ2) is 4.58. The van der Waals surface area contributed by atoms with E-state index in [4.69, 9.17) is 0 Å². The molecule has 0 unspecified atom stereocenters. The molecule has 0 aliphatic rings. The van der Waals surface area contributed by atoms with E-state index >= 15 is 0 Å². The molecule has 0 aliphatic heterocycles. The third-order valence-electron chi connectivity index (χ3n) is 1.47. The number of thiophene rings is 1. The van der Waals surface area contributed by atoms with Gasteiger partial charge in [0.15, 0.2) is 5.78 Å². The molecule has 0 spiro atoms. The maximum absolute atomic E-state index is 11.1. The van der Waals surface area contributed by atoms with Crippen LogP contribution in [0.15, 0.2) is 11.4 Å². The van der Waals surface area contributed by atoms with Crippen molar-refractivity contribution in [1.29, 1.82) is 0 Å². The van der Waals surface area contributed by atoms with Gasteiger partial charge in [-0.1, -0.05) is 5.92 Å². The minimum atomic E-state index is -0.606. The van der Waals surface area contributed by atoms with E-state index in [1.54, 1.807) is 11.4 Å². The molecule has 0 saturated heterocycles. The topological polar surface area (TPSA) is 43.4 Å². The average molecular weight is 208 g/mol. The monoisotopic (exact) mass is 208 g/mol. The SMILES string of the molecule is COC(=O)C#Cc1ccsc1C(C)=O. The van der Waals surface area contributed by atoms with Crippen molar-refractivity contribution in [2.45, 2.75) is 6.92 Å². The van der Waals surface area contributed by atoms with Gasteiger partial charge in [0.1, 0.15) is 0 Å². The number of carbonyl (C=O) groups is 2. The summed E-state index contributed by atoms with van der Waals surface area (Å²) in [6.45, 7) is 1.47. The third-order valence-corrected chi connectivity index (χ3v) is 2.48. The molecule has 0 radical (unpaired) electrons. The molecule has 3 nitrogen and oxygen atoms in total. The first-order chi connectivity index (χ1) is 6.65. The van der Waals surface area contributed by atoms with Crippen molar-refractivity contribution in [3.63, 3.8) is 0 Å². The Morgan fingerprint density at radius 3 is 2.79 bits per heavy atom. The molecule has 0 N–H and O–H groups in total. The van der Waals surface area contributed by atoms with Crippen LogP contribution >= 0.6 is 11.3 Å². The number of hydrogen-bond acceptors (Lipinski definition) is 4. The van der Waals surface area contributed by atoms with Gasteiger partial charge in [-0.2, -0.15) is 0 Å². The summed E-state index contributed by atoms with van der Waals surface area (Å²) in [6, 6.07) is 1.71. The highest BCUT2D eigenvalue weighted by molar-refractivity contribution is 7.12. The Hall–Kier alpha value is -1.60. The largest absolute Gasteiger partial charge is 0.459 e. The molecule has 14 heavy (non-hydrogen) atoms. The lowest BCUT2D eigenvalue weighted by molar-refractivity contribution is -0.133. The fourth-order valence-electron chi connectivity index (χ4n) is 0.850. The quantitative estimate of drug-likeness (QED) is 0.399. The Labute approximate surface area is 85.7 Å². The van der Waals surface area contributed by atoms with E-state index in [1.807, 2.05) is 0 Å². The van der Waals surface area contributed by atoms with Crippen LogP contribution in [0.1, 0.15) is 22.2 Å². The van der Waals surface area contributed by atoms with Gasteiger partial charge in [-0.05, 0) is 18.4 Å². The highest BCUT2D eigenvalue weighted by atomic mass is 32.1. The lowest BCUT2D eigenvalue weighted by Crippen LogP contribution is -1.95. The Kier molecular flexibility index (Phi) is 3.43. The highest BCUT2D eigenvalue weighted by Gasteiger charge is 2.06. The molecule has 0 aliphatic carbocycles. The van der Waals surface area contributed by atoms with Crippen molar-refractivity contribution in [2.24, 2.45) is 0 Å². The third kappa shape index (κ3) is 2.44. The second-order valence-corrected chi connectivity index (χ2v) is 3.38. The van der Waals surface area contributed by atoms with E-state index in [2.05, 4.69) is 16.6 Å². The maximum atomic E-state index is 11.1. The van der Waals surface area contributed by atoms with E-state index in [0.717, 1.165) is 0 Å². The van der Waals surface area contributed by atoms with Crippen molar-refractivity contribution in [2.75, 3.05) is 7.11 Å². The number of esters is 1. The van der Waals surface area contributed by atoms with Crippen LogP contribution < -0.4 is 0 Å². The summed E-state index contributed by atoms with van der Waals surface area (Å²) in [7, 11) is 1.26. The molecule has 0 amide bonds. The van der Waals surface area contributed by atoms with Crippen LogP contribution in [0.3, 0.4) is 0 Å². The van der Waals surface area contributed by atoms with Gasteiger partial charge in [0.05, 0.1) is 12.0 Å². The van der Waals surface area contributed by atoms with Crippen LogP contribution in [0.5, 0.6) is 0 Å². The molecule has 1 aromatic rings. The van der Waals surface area contributed by atoms with E-state index in [9.17, 15) is 9.59 Å². The van der Waals surface area contributed by atoms with Crippen molar-refractivity contribution >= 4 is 23.1 Å². The normalized spacial score (nSPS) is 8.71. The average Bonchev–Trinajstić information content (AvgIpc) is 2.62. The lowest BCUT2D eigenvalue weighted by Gasteiger charge is -1.89. The fourth-order valence-corrected chi connectivity index (χ4v) is 1.60. The Balaban J connectivity index is 2.95. The zero-order valence-corrected chi connectivity index (χ0v) is 8.60. The van der Waals surface area contributed by atoms with Gasteiger partial charge in [-0.3, -0.25) is 4.79 Å². The summed E-state index contributed by atoms with van der Waals surface area (Å²) < 4.78 is 4.35. The van der Waals surface area contributed by atoms with E-state index in [-0.39, 0.29) is 5.78 Å². The van der Waals surface area contributed by atoms with Gasteiger partial charge in [-0.15, -0.1) is 11.3 Å². The number of Topliss-reactive ketones (excluding diaryl/α,β-unsaturated/α-hetero) is 1. The molecule has 0 saturated carbocycles. The minimum Gasteiger partial charge on any atom is -0.459 e. The van der Waals surface area contributed by atoms with Gasteiger partial charge >= 0.3 is 5.97 Å². The van der Waals surface area contributed by atoms with Crippen molar-refractivity contribution in [3.05, 3.63) is 21.9 Å². The first-order valence-corrected chi connectivity index (χ1v) is 4.71. The Bertz CT molecular complexity index is 420. The van der Waals surface area contributed by atoms with Gasteiger partial charge < -0.3 is 4.74 Å². The first-order valence-electron chi connectivity index (χ1n) is 3.83. The Morgan fingerprint density at radius 1 is 1.50 bits per heavy atom. The summed E-state index contributed by atoms with van der Waals surface area (Å²) >= 11 is 1.31. The van der Waals surface area contributed by atoms with Crippen molar-refractivity contribution in [3.8, 4) is 11.8 Å². The summed E-state index contributed by atoms with van der Waals surface area (Å²) in [5.74, 6) is 4.21. The molecule has 1 rings (SSSR count). The molecular formula is C10H8O3S. The van der Waals surface area contributed by atoms with E-state index in [0.29, 0.717) is 10.4 Å². The highest BCUT2D eigenvalue weighted by Crippen LogP contribution is 2.15. The molecule has 1 heterocycles. The predicted octanol–water partition coefficient (Wildman–Crippen LogP) is 1.48. The van der Waals surface area contributed by atoms with Gasteiger partial charge in [0.25, 0.3) is 0 Å². The summed E-state index contributed by atoms with van der Waals surface area (Å²) in [6.07, 6.45) is 0. The van der Waals surface area contributed by atoms with Crippen LogP contribution in [-0.2, 0) is 9.53 Å². The first kappa shape index (κ1) is 10.5. The smallest absolute Gasteiger partial charge is 0.384 e. The van der Waals surface area contributed by atoms with Crippen LogP contribution in [0.2, 0.25) is 0 Å².